The Morgan fingerprint density at radius 3 is 2.70 bits per heavy atom. The molecule has 23 heavy (non-hydrogen) atoms. The summed E-state index contributed by atoms with van der Waals surface area (Å²) in [4.78, 5) is 1.94. The second kappa shape index (κ2) is 7.29. The van der Waals surface area contributed by atoms with Gasteiger partial charge in [-0.25, -0.2) is 4.39 Å². The average Bonchev–Trinajstić information content (AvgIpc) is 3.23. The molecule has 3 rings (SSSR count). The summed E-state index contributed by atoms with van der Waals surface area (Å²) in [5, 5.41) is 7.87. The van der Waals surface area contributed by atoms with E-state index in [1.54, 1.807) is 12.3 Å². The first-order chi connectivity index (χ1) is 11.3. The molecule has 0 unspecified atom stereocenters. The number of halogens is 1. The summed E-state index contributed by atoms with van der Waals surface area (Å²) in [6.07, 6.45) is 8.00. The van der Waals surface area contributed by atoms with Crippen LogP contribution in [0.1, 0.15) is 27.2 Å². The van der Waals surface area contributed by atoms with E-state index in [4.69, 9.17) is 15.9 Å². The fourth-order valence-electron chi connectivity index (χ4n) is 2.01. The zero-order valence-electron chi connectivity index (χ0n) is 12.1. The number of benzene rings is 1. The summed E-state index contributed by atoms with van der Waals surface area (Å²) in [6.45, 7) is 1.23. The lowest BCUT2D eigenvalue weighted by atomic mass is 10.1. The average molecular weight is 328 g/mol. The first-order valence-electron chi connectivity index (χ1n) is 6.92. The summed E-state index contributed by atoms with van der Waals surface area (Å²) >= 11 is 1.53. The molecule has 0 bridgehead atoms. The van der Waals surface area contributed by atoms with Crippen molar-refractivity contribution in [3.05, 3.63) is 57.0 Å². The van der Waals surface area contributed by atoms with Crippen molar-refractivity contribution in [3.8, 4) is 12.3 Å². The SMILES string of the molecule is C#Cc1ccc(/C=N/N=C/c2ccc(C3OCCO3)s2)cc1F. The van der Waals surface area contributed by atoms with Crippen LogP contribution < -0.4 is 0 Å². The van der Waals surface area contributed by atoms with Gasteiger partial charge < -0.3 is 9.47 Å². The Bertz CT molecular complexity index is 786. The van der Waals surface area contributed by atoms with Crippen LogP contribution in [0.2, 0.25) is 0 Å². The normalized spacial score (nSPS) is 15.7. The molecule has 1 aromatic carbocycles. The Hall–Kier alpha value is -2.33. The van der Waals surface area contributed by atoms with Gasteiger partial charge in [0.05, 0.1) is 36.1 Å². The van der Waals surface area contributed by atoms with E-state index < -0.39 is 5.82 Å². The van der Waals surface area contributed by atoms with E-state index in [9.17, 15) is 4.39 Å². The van der Waals surface area contributed by atoms with Gasteiger partial charge in [-0.2, -0.15) is 10.2 Å². The van der Waals surface area contributed by atoms with Gasteiger partial charge in [-0.15, -0.1) is 17.8 Å². The Kier molecular flexibility index (Phi) is 4.93. The van der Waals surface area contributed by atoms with Gasteiger partial charge >= 0.3 is 0 Å². The topological polar surface area (TPSA) is 43.2 Å². The molecule has 2 aromatic rings. The molecule has 0 radical (unpaired) electrons. The van der Waals surface area contributed by atoms with Crippen molar-refractivity contribution in [1.29, 1.82) is 0 Å². The molecular formula is C17H13FN2O2S. The number of terminal acetylenes is 1. The van der Waals surface area contributed by atoms with Gasteiger partial charge in [0.25, 0.3) is 0 Å². The number of hydrogen-bond donors (Lipinski definition) is 0. The predicted octanol–water partition coefficient (Wildman–Crippen LogP) is 3.37. The molecule has 0 spiro atoms. The summed E-state index contributed by atoms with van der Waals surface area (Å²) in [5.74, 6) is 1.82. The number of ether oxygens (including phenoxy) is 2. The van der Waals surface area contributed by atoms with Crippen LogP contribution >= 0.6 is 11.3 Å². The molecule has 1 aliphatic rings. The molecule has 0 aliphatic carbocycles. The molecule has 0 N–H and O–H groups in total. The van der Waals surface area contributed by atoms with E-state index in [0.29, 0.717) is 18.8 Å². The Balaban J connectivity index is 1.62. The smallest absolute Gasteiger partial charge is 0.193 e. The Morgan fingerprint density at radius 1 is 1.17 bits per heavy atom. The summed E-state index contributed by atoms with van der Waals surface area (Å²) in [7, 11) is 0. The third-order valence-corrected chi connectivity index (χ3v) is 4.15. The minimum absolute atomic E-state index is 0.230. The van der Waals surface area contributed by atoms with Crippen molar-refractivity contribution in [2.24, 2.45) is 10.2 Å². The number of rotatable bonds is 4. The van der Waals surface area contributed by atoms with E-state index in [0.717, 1.165) is 9.75 Å². The van der Waals surface area contributed by atoms with Gasteiger partial charge in [0.1, 0.15) is 5.82 Å². The molecule has 116 valence electrons. The highest BCUT2D eigenvalue weighted by atomic mass is 32.1. The molecule has 1 fully saturated rings. The van der Waals surface area contributed by atoms with Gasteiger partial charge in [-0.3, -0.25) is 0 Å². The van der Waals surface area contributed by atoms with Crippen molar-refractivity contribution in [1.82, 2.24) is 0 Å². The minimum atomic E-state index is -0.445. The van der Waals surface area contributed by atoms with E-state index >= 15 is 0 Å². The maximum atomic E-state index is 13.5. The van der Waals surface area contributed by atoms with Gasteiger partial charge in [0, 0.05) is 4.88 Å². The Morgan fingerprint density at radius 2 is 1.96 bits per heavy atom. The molecule has 0 amide bonds. The first-order valence-corrected chi connectivity index (χ1v) is 7.73. The van der Waals surface area contributed by atoms with Crippen LogP contribution in [-0.2, 0) is 9.47 Å². The minimum Gasteiger partial charge on any atom is -0.345 e. The van der Waals surface area contributed by atoms with Gasteiger partial charge in [0.15, 0.2) is 6.29 Å². The fraction of sp³-hybridized carbons (Fsp3) is 0.176. The van der Waals surface area contributed by atoms with Crippen molar-refractivity contribution in [2.45, 2.75) is 6.29 Å². The fourth-order valence-corrected chi connectivity index (χ4v) is 2.88. The molecule has 0 saturated carbocycles. The molecular weight excluding hydrogens is 315 g/mol. The molecule has 1 aliphatic heterocycles. The van der Waals surface area contributed by atoms with Gasteiger partial charge in [-0.1, -0.05) is 12.0 Å². The van der Waals surface area contributed by atoms with E-state index in [2.05, 4.69) is 16.1 Å². The summed E-state index contributed by atoms with van der Waals surface area (Å²) in [5.41, 5.74) is 0.825. The predicted molar refractivity (Wildman–Crippen MR) is 88.5 cm³/mol. The number of nitrogens with zero attached hydrogens (tertiary/aromatic N) is 2. The van der Waals surface area contributed by atoms with Gasteiger partial charge in [-0.05, 0) is 29.8 Å². The zero-order valence-corrected chi connectivity index (χ0v) is 12.9. The lowest BCUT2D eigenvalue weighted by Crippen LogP contribution is -1.93. The van der Waals surface area contributed by atoms with E-state index in [1.807, 2.05) is 12.1 Å². The lowest BCUT2D eigenvalue weighted by molar-refractivity contribution is -0.0413. The molecule has 4 nitrogen and oxygen atoms in total. The third kappa shape index (κ3) is 3.90. The molecule has 2 heterocycles. The summed E-state index contributed by atoms with van der Waals surface area (Å²) < 4.78 is 24.4. The van der Waals surface area contributed by atoms with Crippen LogP contribution in [0.15, 0.2) is 40.5 Å². The van der Waals surface area contributed by atoms with Gasteiger partial charge in [0.2, 0.25) is 0 Å². The van der Waals surface area contributed by atoms with Crippen molar-refractivity contribution >= 4 is 23.8 Å². The second-order valence-electron chi connectivity index (χ2n) is 4.69. The number of thiophene rings is 1. The van der Waals surface area contributed by atoms with Crippen molar-refractivity contribution in [2.75, 3.05) is 13.2 Å². The highest BCUT2D eigenvalue weighted by molar-refractivity contribution is 7.13. The van der Waals surface area contributed by atoms with Crippen molar-refractivity contribution < 1.29 is 13.9 Å². The highest BCUT2D eigenvalue weighted by Crippen LogP contribution is 2.28. The first kappa shape index (κ1) is 15.6. The van der Waals surface area contributed by atoms with Crippen LogP contribution in [0.25, 0.3) is 0 Å². The monoisotopic (exact) mass is 328 g/mol. The van der Waals surface area contributed by atoms with E-state index in [-0.39, 0.29) is 11.9 Å². The molecule has 6 heteroatoms. The van der Waals surface area contributed by atoms with Crippen LogP contribution in [0, 0.1) is 18.2 Å². The molecule has 1 aromatic heterocycles. The maximum absolute atomic E-state index is 13.5. The quantitative estimate of drug-likeness (QED) is 0.491. The highest BCUT2D eigenvalue weighted by Gasteiger charge is 2.19. The van der Waals surface area contributed by atoms with E-state index in [1.165, 1.54) is 29.7 Å². The largest absolute Gasteiger partial charge is 0.345 e. The maximum Gasteiger partial charge on any atom is 0.193 e. The van der Waals surface area contributed by atoms with Crippen LogP contribution in [0.3, 0.4) is 0 Å². The third-order valence-electron chi connectivity index (χ3n) is 3.11. The standard InChI is InChI=1S/C17H13FN2O2S/c1-2-13-4-3-12(9-15(13)18)10-19-20-11-14-5-6-16(23-14)17-21-7-8-22-17/h1,3-6,9-11,17H,7-8H2/b19-10+,20-11+. The second-order valence-corrected chi connectivity index (χ2v) is 5.83. The summed E-state index contributed by atoms with van der Waals surface area (Å²) in [6, 6.07) is 8.42. The van der Waals surface area contributed by atoms with Crippen molar-refractivity contribution in [3.63, 3.8) is 0 Å². The van der Waals surface area contributed by atoms with Crippen LogP contribution in [0.4, 0.5) is 4.39 Å². The number of hydrogen-bond acceptors (Lipinski definition) is 5. The van der Waals surface area contributed by atoms with Crippen LogP contribution in [-0.4, -0.2) is 25.6 Å². The van der Waals surface area contributed by atoms with Crippen LogP contribution in [0.5, 0.6) is 0 Å². The molecule has 0 atom stereocenters. The zero-order chi connectivity index (χ0) is 16.1. The Labute approximate surface area is 137 Å². The lowest BCUT2D eigenvalue weighted by Gasteiger charge is -2.04. The molecule has 1 saturated heterocycles.